The number of piperazine rings is 1. The third kappa shape index (κ3) is 7.27. The molecule has 11 nitrogen and oxygen atoms in total. The first-order chi connectivity index (χ1) is 19.7. The highest BCUT2D eigenvalue weighted by atomic mass is 16.6. The maximum absolute atomic E-state index is 13.1. The van der Waals surface area contributed by atoms with Gasteiger partial charge in [-0.05, 0) is 62.9 Å². The van der Waals surface area contributed by atoms with Gasteiger partial charge in [0.15, 0.2) is 5.76 Å². The van der Waals surface area contributed by atoms with E-state index >= 15 is 0 Å². The lowest BCUT2D eigenvalue weighted by Crippen LogP contribution is -2.52. The predicted molar refractivity (Wildman–Crippen MR) is 153 cm³/mol. The Kier molecular flexibility index (Phi) is 9.69. The Bertz CT molecular complexity index is 1340. The predicted octanol–water partition coefficient (Wildman–Crippen LogP) is 4.99. The number of carbonyl (C=O) groups is 3. The minimum atomic E-state index is -0.583. The van der Waals surface area contributed by atoms with Gasteiger partial charge in [0.2, 0.25) is 5.91 Å². The van der Waals surface area contributed by atoms with Crippen molar-refractivity contribution in [2.24, 2.45) is 0 Å². The van der Waals surface area contributed by atoms with E-state index < -0.39 is 11.9 Å². The minimum Gasteiger partial charge on any atom is -0.486 e. The molecule has 1 N–H and O–H groups in total. The van der Waals surface area contributed by atoms with Crippen LogP contribution in [0.1, 0.15) is 73.6 Å². The molecule has 2 unspecified atom stereocenters. The molecule has 2 atom stereocenters. The zero-order valence-electron chi connectivity index (χ0n) is 24.4. The molecule has 3 amide bonds. The van der Waals surface area contributed by atoms with E-state index in [-0.39, 0.29) is 24.4 Å². The number of carbonyl (C=O) groups excluding carboxylic acids is 3. The fourth-order valence-corrected chi connectivity index (χ4v) is 4.55. The van der Waals surface area contributed by atoms with E-state index in [1.807, 2.05) is 12.1 Å². The van der Waals surface area contributed by atoms with Crippen LogP contribution in [-0.2, 0) is 16.1 Å². The molecule has 3 aromatic rings. The Labute approximate surface area is 240 Å². The lowest BCUT2D eigenvalue weighted by molar-refractivity contribution is -0.136. The summed E-state index contributed by atoms with van der Waals surface area (Å²) >= 11 is 0. The van der Waals surface area contributed by atoms with E-state index in [0.29, 0.717) is 55.8 Å². The molecule has 0 saturated carbocycles. The third-order valence-corrected chi connectivity index (χ3v) is 7.36. The van der Waals surface area contributed by atoms with E-state index in [1.165, 1.54) is 5.56 Å². The van der Waals surface area contributed by atoms with Crippen molar-refractivity contribution in [3.8, 4) is 5.75 Å². The zero-order valence-corrected chi connectivity index (χ0v) is 24.4. The number of benzene rings is 1. The molecule has 1 aliphatic rings. The van der Waals surface area contributed by atoms with Crippen LogP contribution in [0.2, 0.25) is 0 Å². The number of nitrogens with one attached hydrogen (secondary N) is 1. The highest BCUT2D eigenvalue weighted by Gasteiger charge is 2.29. The highest BCUT2D eigenvalue weighted by Crippen LogP contribution is 2.23. The smallest absolute Gasteiger partial charge is 0.409 e. The van der Waals surface area contributed by atoms with E-state index in [2.05, 4.69) is 36.4 Å². The number of aryl methyl sites for hydroxylation is 1. The summed E-state index contributed by atoms with van der Waals surface area (Å²) in [7, 11) is 0. The van der Waals surface area contributed by atoms with Gasteiger partial charge in [-0.2, -0.15) is 5.10 Å². The summed E-state index contributed by atoms with van der Waals surface area (Å²) in [5.74, 6) is 1.36. The lowest BCUT2D eigenvalue weighted by atomic mass is 9.99. The van der Waals surface area contributed by atoms with Crippen molar-refractivity contribution in [1.29, 1.82) is 0 Å². The summed E-state index contributed by atoms with van der Waals surface area (Å²) in [5.41, 5.74) is 2.32. The highest BCUT2D eigenvalue weighted by molar-refractivity contribution is 6.02. The van der Waals surface area contributed by atoms with E-state index in [4.69, 9.17) is 13.9 Å². The number of aromatic nitrogens is 2. The maximum Gasteiger partial charge on any atom is 0.409 e. The van der Waals surface area contributed by atoms with Crippen LogP contribution in [0.3, 0.4) is 0 Å². The SMILES string of the molecule is CCOC(=O)N1CCN(C(=O)C(C)n2cc(NC(=O)c3ccc(COc4ccc(C(C)CC)cc4)o3)c(C)n2)CC1. The van der Waals surface area contributed by atoms with Crippen molar-refractivity contribution in [3.05, 3.63) is 65.4 Å². The molecular weight excluding hydrogens is 526 g/mol. The summed E-state index contributed by atoms with van der Waals surface area (Å²) in [6.07, 6.45) is 2.35. The summed E-state index contributed by atoms with van der Waals surface area (Å²) in [6.45, 7) is 11.8. The second kappa shape index (κ2) is 13.4. The Balaban J connectivity index is 1.30. The molecule has 1 aliphatic heterocycles. The number of ether oxygens (including phenoxy) is 2. The topological polar surface area (TPSA) is 119 Å². The van der Waals surface area contributed by atoms with Crippen LogP contribution in [0, 0.1) is 6.92 Å². The minimum absolute atomic E-state index is 0.112. The monoisotopic (exact) mass is 565 g/mol. The van der Waals surface area contributed by atoms with Gasteiger partial charge in [0.05, 0.1) is 18.0 Å². The molecule has 11 heteroatoms. The Morgan fingerprint density at radius 3 is 2.34 bits per heavy atom. The van der Waals surface area contributed by atoms with Gasteiger partial charge in [0.25, 0.3) is 5.91 Å². The molecule has 0 radical (unpaired) electrons. The lowest BCUT2D eigenvalue weighted by Gasteiger charge is -2.35. The number of hydrogen-bond acceptors (Lipinski definition) is 7. The molecule has 0 spiro atoms. The van der Waals surface area contributed by atoms with E-state index in [9.17, 15) is 14.4 Å². The molecule has 41 heavy (non-hydrogen) atoms. The molecule has 3 heterocycles. The van der Waals surface area contributed by atoms with Gasteiger partial charge in [-0.1, -0.05) is 26.0 Å². The van der Waals surface area contributed by atoms with Crippen LogP contribution in [0.5, 0.6) is 5.75 Å². The fraction of sp³-hybridized carbons (Fsp3) is 0.467. The van der Waals surface area contributed by atoms with Gasteiger partial charge >= 0.3 is 6.09 Å². The number of nitrogens with zero attached hydrogens (tertiary/aromatic N) is 4. The van der Waals surface area contributed by atoms with Gasteiger partial charge in [-0.15, -0.1) is 0 Å². The average Bonchev–Trinajstić information content (AvgIpc) is 3.62. The van der Waals surface area contributed by atoms with Crippen molar-refractivity contribution in [3.63, 3.8) is 0 Å². The first-order valence-corrected chi connectivity index (χ1v) is 14.1. The normalized spacial score (nSPS) is 14.9. The number of rotatable bonds is 10. The van der Waals surface area contributed by atoms with Gasteiger partial charge in [-0.3, -0.25) is 14.3 Å². The van der Waals surface area contributed by atoms with Gasteiger partial charge in [0, 0.05) is 32.4 Å². The van der Waals surface area contributed by atoms with Crippen LogP contribution < -0.4 is 10.1 Å². The number of amides is 3. The molecule has 2 aromatic heterocycles. The molecule has 220 valence electrons. The number of anilines is 1. The standard InChI is InChI=1S/C30H39N5O6/c1-6-20(3)23-8-10-24(11-9-23)40-19-25-12-13-27(41-25)28(36)31-26-18-35(32-21(26)4)22(5)29(37)33-14-16-34(17-15-33)30(38)39-7-2/h8-13,18,20,22H,6-7,14-17,19H2,1-5H3,(H,31,36). The first-order valence-electron chi connectivity index (χ1n) is 14.1. The van der Waals surface area contributed by atoms with Crippen LogP contribution in [0.4, 0.5) is 10.5 Å². The largest absolute Gasteiger partial charge is 0.486 e. The van der Waals surface area contributed by atoms with Crippen molar-refractivity contribution >= 4 is 23.6 Å². The van der Waals surface area contributed by atoms with Crippen LogP contribution in [-0.4, -0.2) is 70.3 Å². The molecular formula is C30H39N5O6. The van der Waals surface area contributed by atoms with Crippen LogP contribution >= 0.6 is 0 Å². The second-order valence-electron chi connectivity index (χ2n) is 10.2. The summed E-state index contributed by atoms with van der Waals surface area (Å²) in [5, 5.41) is 7.27. The third-order valence-electron chi connectivity index (χ3n) is 7.36. The zero-order chi connectivity index (χ0) is 29.5. The fourth-order valence-electron chi connectivity index (χ4n) is 4.55. The maximum atomic E-state index is 13.1. The Morgan fingerprint density at radius 2 is 1.68 bits per heavy atom. The van der Waals surface area contributed by atoms with Crippen molar-refractivity contribution in [2.45, 2.75) is 59.6 Å². The van der Waals surface area contributed by atoms with Crippen molar-refractivity contribution in [2.75, 3.05) is 38.1 Å². The molecule has 4 rings (SSSR count). The number of hydrogen-bond donors (Lipinski definition) is 1. The number of furan rings is 1. The molecule has 1 saturated heterocycles. The van der Waals surface area contributed by atoms with Crippen molar-refractivity contribution in [1.82, 2.24) is 19.6 Å². The molecule has 0 bridgehead atoms. The van der Waals surface area contributed by atoms with Crippen molar-refractivity contribution < 1.29 is 28.3 Å². The van der Waals surface area contributed by atoms with Gasteiger partial charge in [0.1, 0.15) is 24.2 Å². The second-order valence-corrected chi connectivity index (χ2v) is 10.2. The van der Waals surface area contributed by atoms with Crippen LogP contribution in [0.25, 0.3) is 0 Å². The quantitative estimate of drug-likeness (QED) is 0.368. The molecule has 0 aliphatic carbocycles. The van der Waals surface area contributed by atoms with Gasteiger partial charge < -0.3 is 29.0 Å². The van der Waals surface area contributed by atoms with Crippen LogP contribution in [0.15, 0.2) is 47.0 Å². The average molecular weight is 566 g/mol. The molecule has 1 fully saturated rings. The Morgan fingerprint density at radius 1 is 1.00 bits per heavy atom. The first kappa shape index (κ1) is 29.7. The summed E-state index contributed by atoms with van der Waals surface area (Å²) < 4.78 is 18.1. The summed E-state index contributed by atoms with van der Waals surface area (Å²) in [4.78, 5) is 41.2. The summed E-state index contributed by atoms with van der Waals surface area (Å²) in [6, 6.07) is 10.7. The molecule has 1 aromatic carbocycles. The van der Waals surface area contributed by atoms with Gasteiger partial charge in [-0.25, -0.2) is 4.79 Å². The van der Waals surface area contributed by atoms with E-state index in [1.54, 1.807) is 53.6 Å². The Hall–Kier alpha value is -4.28. The van der Waals surface area contributed by atoms with E-state index in [0.717, 1.165) is 12.2 Å².